The number of rotatable bonds is 5. The number of carbonyl (C=O) groups is 2. The third-order valence-corrected chi connectivity index (χ3v) is 3.25. The number of aromatic carboxylic acids is 1. The van der Waals surface area contributed by atoms with Crippen molar-refractivity contribution in [2.45, 2.75) is 19.9 Å². The van der Waals surface area contributed by atoms with Gasteiger partial charge in [0.05, 0.1) is 5.69 Å². The smallest absolute Gasteiger partial charge is 0.356 e. The number of nitrogens with one attached hydrogen (secondary N) is 1. The first-order valence-electron chi connectivity index (χ1n) is 6.38. The van der Waals surface area contributed by atoms with Gasteiger partial charge in [-0.25, -0.2) is 9.78 Å². The van der Waals surface area contributed by atoms with Crippen LogP contribution in [0.3, 0.4) is 0 Å². The van der Waals surface area contributed by atoms with E-state index in [1.165, 1.54) is 12.3 Å². The molecule has 0 aromatic carbocycles. The molecule has 0 saturated heterocycles. The minimum absolute atomic E-state index is 0.176. The van der Waals surface area contributed by atoms with Crippen molar-refractivity contribution >= 4 is 33.5 Å². The van der Waals surface area contributed by atoms with Gasteiger partial charge in [0, 0.05) is 23.4 Å². The number of halogens is 1. The molecule has 2 rings (SSSR count). The number of amides is 1. The predicted molar refractivity (Wildman–Crippen MR) is 81.6 cm³/mol. The molecule has 6 nitrogen and oxygen atoms in total. The summed E-state index contributed by atoms with van der Waals surface area (Å²) < 4.78 is 2.61. The van der Waals surface area contributed by atoms with Crippen LogP contribution in [0.2, 0.25) is 0 Å². The lowest BCUT2D eigenvalue weighted by molar-refractivity contribution is 0.0692. The van der Waals surface area contributed by atoms with E-state index in [0.29, 0.717) is 12.2 Å². The van der Waals surface area contributed by atoms with Crippen LogP contribution in [0.4, 0.5) is 5.69 Å². The van der Waals surface area contributed by atoms with Crippen LogP contribution in [0.15, 0.2) is 35.1 Å². The minimum atomic E-state index is -1.18. The number of carboxylic acids is 1. The standard InChI is InChI=1S/C14H14BrN3O3/c1-2-6-18-8-9(15)7-11(18)13(19)17-10-4-3-5-16-12(10)14(20)21/h3-5,7-8H,2,6H2,1H3,(H,17,19)(H,20,21). The number of carbonyl (C=O) groups excluding carboxylic acids is 1. The molecule has 7 heteroatoms. The average molecular weight is 352 g/mol. The van der Waals surface area contributed by atoms with Crippen molar-refractivity contribution in [1.29, 1.82) is 0 Å². The first-order chi connectivity index (χ1) is 10.0. The maximum Gasteiger partial charge on any atom is 0.356 e. The van der Waals surface area contributed by atoms with Crippen molar-refractivity contribution in [2.75, 3.05) is 5.32 Å². The molecular weight excluding hydrogens is 338 g/mol. The summed E-state index contributed by atoms with van der Waals surface area (Å²) in [7, 11) is 0. The van der Waals surface area contributed by atoms with Gasteiger partial charge in [-0.2, -0.15) is 0 Å². The van der Waals surface area contributed by atoms with E-state index in [1.54, 1.807) is 12.1 Å². The third-order valence-electron chi connectivity index (χ3n) is 2.82. The molecule has 0 fully saturated rings. The Labute approximate surface area is 129 Å². The molecule has 0 aliphatic heterocycles. The van der Waals surface area contributed by atoms with E-state index < -0.39 is 5.97 Å². The van der Waals surface area contributed by atoms with E-state index in [0.717, 1.165) is 10.9 Å². The molecular formula is C14H14BrN3O3. The maximum atomic E-state index is 12.3. The summed E-state index contributed by atoms with van der Waals surface area (Å²) in [5.74, 6) is -1.55. The van der Waals surface area contributed by atoms with Crippen molar-refractivity contribution in [1.82, 2.24) is 9.55 Å². The van der Waals surface area contributed by atoms with Gasteiger partial charge in [0.15, 0.2) is 5.69 Å². The van der Waals surface area contributed by atoms with Crippen LogP contribution in [0.25, 0.3) is 0 Å². The van der Waals surface area contributed by atoms with Crippen molar-refractivity contribution in [3.8, 4) is 0 Å². The van der Waals surface area contributed by atoms with Crippen molar-refractivity contribution in [3.63, 3.8) is 0 Å². The van der Waals surface area contributed by atoms with Gasteiger partial charge in [-0.1, -0.05) is 6.92 Å². The van der Waals surface area contributed by atoms with Crippen molar-refractivity contribution in [2.24, 2.45) is 0 Å². The summed E-state index contributed by atoms with van der Waals surface area (Å²) in [5.41, 5.74) is 0.456. The van der Waals surface area contributed by atoms with Crippen LogP contribution in [0.1, 0.15) is 34.3 Å². The van der Waals surface area contributed by atoms with E-state index in [1.807, 2.05) is 17.7 Å². The molecule has 1 amide bonds. The molecule has 0 unspecified atom stereocenters. The lowest BCUT2D eigenvalue weighted by atomic mass is 10.2. The number of hydrogen-bond donors (Lipinski definition) is 2. The number of anilines is 1. The third kappa shape index (κ3) is 3.49. The fourth-order valence-electron chi connectivity index (χ4n) is 1.95. The highest BCUT2D eigenvalue weighted by atomic mass is 79.9. The molecule has 0 atom stereocenters. The number of aromatic nitrogens is 2. The summed E-state index contributed by atoms with van der Waals surface area (Å²) in [4.78, 5) is 27.2. The molecule has 2 aromatic heterocycles. The molecule has 2 aromatic rings. The summed E-state index contributed by atoms with van der Waals surface area (Å²) in [6, 6.07) is 4.78. The van der Waals surface area contributed by atoms with Crippen LogP contribution in [0, 0.1) is 0 Å². The highest BCUT2D eigenvalue weighted by Gasteiger charge is 2.17. The zero-order valence-electron chi connectivity index (χ0n) is 11.3. The lowest BCUT2D eigenvalue weighted by Crippen LogP contribution is -2.19. The summed E-state index contributed by atoms with van der Waals surface area (Å²) >= 11 is 3.34. The summed E-state index contributed by atoms with van der Waals surface area (Å²) in [6.07, 6.45) is 4.07. The molecule has 0 radical (unpaired) electrons. The van der Waals surface area contributed by atoms with Crippen LogP contribution < -0.4 is 5.32 Å². The molecule has 2 heterocycles. The van der Waals surface area contributed by atoms with Gasteiger partial charge in [0.2, 0.25) is 0 Å². The van der Waals surface area contributed by atoms with Gasteiger partial charge in [-0.15, -0.1) is 0 Å². The first-order valence-corrected chi connectivity index (χ1v) is 7.17. The largest absolute Gasteiger partial charge is 0.476 e. The molecule has 21 heavy (non-hydrogen) atoms. The number of carboxylic acid groups (broad SMARTS) is 1. The molecule has 0 spiro atoms. The number of nitrogens with zero attached hydrogens (tertiary/aromatic N) is 2. The quantitative estimate of drug-likeness (QED) is 0.866. The van der Waals surface area contributed by atoms with Gasteiger partial charge >= 0.3 is 5.97 Å². The molecule has 0 aliphatic carbocycles. The van der Waals surface area contributed by atoms with Crippen LogP contribution in [0.5, 0.6) is 0 Å². The van der Waals surface area contributed by atoms with Crippen LogP contribution in [-0.2, 0) is 6.54 Å². The van der Waals surface area contributed by atoms with E-state index >= 15 is 0 Å². The monoisotopic (exact) mass is 351 g/mol. The van der Waals surface area contributed by atoms with E-state index in [2.05, 4.69) is 26.2 Å². The Hall–Kier alpha value is -2.15. The fraction of sp³-hybridized carbons (Fsp3) is 0.214. The molecule has 0 aliphatic rings. The Morgan fingerprint density at radius 3 is 2.90 bits per heavy atom. The van der Waals surface area contributed by atoms with Crippen molar-refractivity contribution < 1.29 is 14.7 Å². The predicted octanol–water partition coefficient (Wildman–Crippen LogP) is 3.01. The number of pyridine rings is 1. The van der Waals surface area contributed by atoms with E-state index in [-0.39, 0.29) is 17.3 Å². The average Bonchev–Trinajstić information content (AvgIpc) is 2.80. The second kappa shape index (κ2) is 6.53. The first kappa shape index (κ1) is 15.2. The van der Waals surface area contributed by atoms with Crippen LogP contribution in [-0.4, -0.2) is 26.5 Å². The Bertz CT molecular complexity index is 682. The SMILES string of the molecule is CCCn1cc(Br)cc1C(=O)Nc1cccnc1C(=O)O. The Morgan fingerprint density at radius 2 is 2.24 bits per heavy atom. The highest BCUT2D eigenvalue weighted by molar-refractivity contribution is 9.10. The van der Waals surface area contributed by atoms with Gasteiger partial charge in [0.1, 0.15) is 5.69 Å². The van der Waals surface area contributed by atoms with Gasteiger partial charge in [-0.05, 0) is 40.5 Å². The van der Waals surface area contributed by atoms with Gasteiger partial charge < -0.3 is 15.0 Å². The zero-order valence-corrected chi connectivity index (χ0v) is 12.9. The molecule has 0 bridgehead atoms. The molecule has 0 saturated carbocycles. The Morgan fingerprint density at radius 1 is 1.48 bits per heavy atom. The zero-order chi connectivity index (χ0) is 15.4. The summed E-state index contributed by atoms with van der Waals surface area (Å²) in [5, 5.41) is 11.7. The second-order valence-electron chi connectivity index (χ2n) is 4.40. The van der Waals surface area contributed by atoms with Gasteiger partial charge in [-0.3, -0.25) is 4.79 Å². The Balaban J connectivity index is 2.28. The number of aryl methyl sites for hydroxylation is 1. The van der Waals surface area contributed by atoms with Gasteiger partial charge in [0.25, 0.3) is 5.91 Å². The topological polar surface area (TPSA) is 84.2 Å². The lowest BCUT2D eigenvalue weighted by Gasteiger charge is -2.10. The minimum Gasteiger partial charge on any atom is -0.476 e. The fourth-order valence-corrected chi connectivity index (χ4v) is 2.42. The van der Waals surface area contributed by atoms with E-state index in [9.17, 15) is 9.59 Å². The maximum absolute atomic E-state index is 12.3. The summed E-state index contributed by atoms with van der Waals surface area (Å²) in [6.45, 7) is 2.71. The Kier molecular flexibility index (Phi) is 4.74. The second-order valence-corrected chi connectivity index (χ2v) is 5.31. The highest BCUT2D eigenvalue weighted by Crippen LogP contribution is 2.18. The molecule has 110 valence electrons. The number of hydrogen-bond acceptors (Lipinski definition) is 3. The van der Waals surface area contributed by atoms with Crippen molar-refractivity contribution in [3.05, 3.63) is 46.5 Å². The normalized spacial score (nSPS) is 10.4. The molecule has 2 N–H and O–H groups in total. The van der Waals surface area contributed by atoms with E-state index in [4.69, 9.17) is 5.11 Å². The van der Waals surface area contributed by atoms with Crippen LogP contribution >= 0.6 is 15.9 Å².